The summed E-state index contributed by atoms with van der Waals surface area (Å²) < 4.78 is 13.3. The van der Waals surface area contributed by atoms with Crippen LogP contribution < -0.4 is 11.3 Å². The van der Waals surface area contributed by atoms with E-state index in [0.29, 0.717) is 10.6 Å². The summed E-state index contributed by atoms with van der Waals surface area (Å²) in [5.41, 5.74) is 4.37. The normalized spacial score (nSPS) is 12.4. The highest BCUT2D eigenvalue weighted by atomic mass is 35.5. The summed E-state index contributed by atoms with van der Waals surface area (Å²) in [6.07, 6.45) is 0. The van der Waals surface area contributed by atoms with E-state index in [4.69, 9.17) is 17.4 Å². The fraction of sp³-hybridized carbons (Fsp3) is 0.200. The van der Waals surface area contributed by atoms with Crippen molar-refractivity contribution in [2.45, 2.75) is 17.9 Å². The van der Waals surface area contributed by atoms with Gasteiger partial charge in [-0.1, -0.05) is 29.8 Å². The average molecular weight is 311 g/mol. The molecule has 0 bridgehead atoms. The molecule has 0 spiro atoms. The Morgan fingerprint density at radius 1 is 1.30 bits per heavy atom. The van der Waals surface area contributed by atoms with Crippen LogP contribution in [0.15, 0.2) is 47.4 Å². The second-order valence-corrected chi connectivity index (χ2v) is 6.03. The van der Waals surface area contributed by atoms with E-state index in [0.717, 1.165) is 16.2 Å². The summed E-state index contributed by atoms with van der Waals surface area (Å²) in [7, 11) is 0. The molecule has 2 nitrogen and oxygen atoms in total. The third-order valence-electron chi connectivity index (χ3n) is 3.00. The van der Waals surface area contributed by atoms with Gasteiger partial charge in [-0.2, -0.15) is 0 Å². The van der Waals surface area contributed by atoms with Gasteiger partial charge in [0.1, 0.15) is 5.82 Å². The predicted molar refractivity (Wildman–Crippen MR) is 83.4 cm³/mol. The van der Waals surface area contributed by atoms with Crippen LogP contribution in [-0.4, -0.2) is 5.75 Å². The molecule has 0 aliphatic carbocycles. The molecule has 0 aliphatic heterocycles. The molecule has 0 heterocycles. The first-order valence-electron chi connectivity index (χ1n) is 6.20. The number of nitrogens with two attached hydrogens (primary N) is 1. The fourth-order valence-electron chi connectivity index (χ4n) is 1.86. The number of hydrazine groups is 1. The molecule has 5 heteroatoms. The zero-order valence-corrected chi connectivity index (χ0v) is 12.6. The molecule has 106 valence electrons. The highest BCUT2D eigenvalue weighted by molar-refractivity contribution is 7.99. The summed E-state index contributed by atoms with van der Waals surface area (Å²) in [5.74, 6) is 6.14. The van der Waals surface area contributed by atoms with Gasteiger partial charge in [-0.3, -0.25) is 11.3 Å². The molecular formula is C15H16ClFN2S. The van der Waals surface area contributed by atoms with Crippen LogP contribution in [-0.2, 0) is 0 Å². The number of rotatable bonds is 5. The molecule has 1 atom stereocenters. The van der Waals surface area contributed by atoms with Gasteiger partial charge in [0.05, 0.1) is 6.04 Å². The molecule has 1 unspecified atom stereocenters. The maximum atomic E-state index is 13.3. The third kappa shape index (κ3) is 3.96. The minimum Gasteiger partial charge on any atom is -0.271 e. The maximum Gasteiger partial charge on any atom is 0.126 e. The van der Waals surface area contributed by atoms with E-state index in [1.54, 1.807) is 24.8 Å². The van der Waals surface area contributed by atoms with E-state index >= 15 is 0 Å². The van der Waals surface area contributed by atoms with Crippen LogP contribution >= 0.6 is 23.4 Å². The Hall–Kier alpha value is -1.07. The summed E-state index contributed by atoms with van der Waals surface area (Å²) >= 11 is 7.61. The van der Waals surface area contributed by atoms with Crippen LogP contribution in [0.2, 0.25) is 5.02 Å². The first-order valence-corrected chi connectivity index (χ1v) is 7.57. The van der Waals surface area contributed by atoms with E-state index < -0.39 is 0 Å². The van der Waals surface area contributed by atoms with Crippen LogP contribution in [0.5, 0.6) is 0 Å². The van der Waals surface area contributed by atoms with Crippen LogP contribution in [0, 0.1) is 12.7 Å². The molecule has 0 saturated heterocycles. The fourth-order valence-corrected chi connectivity index (χ4v) is 3.15. The number of thioether (sulfide) groups is 1. The monoisotopic (exact) mass is 310 g/mol. The number of nitrogens with one attached hydrogen (secondary N) is 1. The maximum absolute atomic E-state index is 13.3. The van der Waals surface area contributed by atoms with Crippen molar-refractivity contribution in [3.63, 3.8) is 0 Å². The summed E-state index contributed by atoms with van der Waals surface area (Å²) in [5, 5.41) is 0.713. The van der Waals surface area contributed by atoms with Gasteiger partial charge in [0.15, 0.2) is 0 Å². The van der Waals surface area contributed by atoms with Gasteiger partial charge in [0.2, 0.25) is 0 Å². The van der Waals surface area contributed by atoms with Crippen LogP contribution in [0.1, 0.15) is 17.2 Å². The lowest BCUT2D eigenvalue weighted by molar-refractivity contribution is 0.596. The number of hydrogen-bond donors (Lipinski definition) is 2. The Bertz CT molecular complexity index is 592. The van der Waals surface area contributed by atoms with Crippen molar-refractivity contribution >= 4 is 23.4 Å². The van der Waals surface area contributed by atoms with Crippen molar-refractivity contribution in [3.05, 3.63) is 64.4 Å². The van der Waals surface area contributed by atoms with Gasteiger partial charge in [-0.05, 0) is 42.3 Å². The minimum atomic E-state index is -0.202. The predicted octanol–water partition coefficient (Wildman–Crippen LogP) is 4.08. The molecule has 2 rings (SSSR count). The highest BCUT2D eigenvalue weighted by Crippen LogP contribution is 2.27. The highest BCUT2D eigenvalue weighted by Gasteiger charge is 2.11. The molecule has 2 aromatic carbocycles. The van der Waals surface area contributed by atoms with E-state index in [1.807, 2.05) is 30.3 Å². The third-order valence-corrected chi connectivity index (χ3v) is 4.32. The lowest BCUT2D eigenvalue weighted by Gasteiger charge is -2.16. The second kappa shape index (κ2) is 7.09. The zero-order valence-electron chi connectivity index (χ0n) is 11.1. The second-order valence-electron chi connectivity index (χ2n) is 4.50. The van der Waals surface area contributed by atoms with Crippen molar-refractivity contribution in [2.75, 3.05) is 5.75 Å². The Balaban J connectivity index is 2.07. The first-order chi connectivity index (χ1) is 9.60. The van der Waals surface area contributed by atoms with Crippen LogP contribution in [0.3, 0.4) is 0 Å². The SMILES string of the molecule is Cc1cc(C(CSc2cccc(Cl)c2)NN)ccc1F. The molecule has 0 fully saturated rings. The molecule has 0 radical (unpaired) electrons. The summed E-state index contributed by atoms with van der Waals surface area (Å²) in [4.78, 5) is 1.08. The van der Waals surface area contributed by atoms with E-state index in [-0.39, 0.29) is 11.9 Å². The Labute approximate surface area is 127 Å². The largest absolute Gasteiger partial charge is 0.271 e. The molecular weight excluding hydrogens is 295 g/mol. The molecule has 3 N–H and O–H groups in total. The standard InChI is InChI=1S/C15H16ClFN2S/c1-10-7-11(5-6-14(10)17)15(19-18)9-20-13-4-2-3-12(16)8-13/h2-8,15,19H,9,18H2,1H3. The van der Waals surface area contributed by atoms with Gasteiger partial charge in [-0.25, -0.2) is 4.39 Å². The van der Waals surface area contributed by atoms with E-state index in [1.165, 1.54) is 6.07 Å². The Morgan fingerprint density at radius 2 is 2.10 bits per heavy atom. The lowest BCUT2D eigenvalue weighted by Crippen LogP contribution is -2.29. The molecule has 0 saturated carbocycles. The van der Waals surface area contributed by atoms with Crippen molar-refractivity contribution < 1.29 is 4.39 Å². The number of aryl methyl sites for hydroxylation is 1. The van der Waals surface area contributed by atoms with Gasteiger partial charge in [-0.15, -0.1) is 11.8 Å². The van der Waals surface area contributed by atoms with E-state index in [2.05, 4.69) is 5.43 Å². The quantitative estimate of drug-likeness (QED) is 0.496. The first kappa shape index (κ1) is 15.3. The topological polar surface area (TPSA) is 38.0 Å². The number of hydrogen-bond acceptors (Lipinski definition) is 3. The summed E-state index contributed by atoms with van der Waals surface area (Å²) in [6.45, 7) is 1.75. The van der Waals surface area contributed by atoms with Gasteiger partial charge >= 0.3 is 0 Å². The number of halogens is 2. The molecule has 2 aromatic rings. The van der Waals surface area contributed by atoms with Crippen molar-refractivity contribution in [3.8, 4) is 0 Å². The molecule has 0 amide bonds. The minimum absolute atomic E-state index is 0.0433. The van der Waals surface area contributed by atoms with Crippen LogP contribution in [0.4, 0.5) is 4.39 Å². The van der Waals surface area contributed by atoms with E-state index in [9.17, 15) is 4.39 Å². The smallest absolute Gasteiger partial charge is 0.126 e. The van der Waals surface area contributed by atoms with Crippen molar-refractivity contribution in [1.82, 2.24) is 5.43 Å². The van der Waals surface area contributed by atoms with Gasteiger partial charge in [0.25, 0.3) is 0 Å². The van der Waals surface area contributed by atoms with Crippen molar-refractivity contribution in [1.29, 1.82) is 0 Å². The molecule has 20 heavy (non-hydrogen) atoms. The lowest BCUT2D eigenvalue weighted by atomic mass is 10.1. The molecule has 0 aromatic heterocycles. The van der Waals surface area contributed by atoms with Crippen LogP contribution in [0.25, 0.3) is 0 Å². The molecule has 0 aliphatic rings. The average Bonchev–Trinajstić information content (AvgIpc) is 2.43. The summed E-state index contributed by atoms with van der Waals surface area (Å²) in [6, 6.07) is 12.7. The Morgan fingerprint density at radius 3 is 2.75 bits per heavy atom. The number of benzene rings is 2. The van der Waals surface area contributed by atoms with Gasteiger partial charge < -0.3 is 0 Å². The zero-order chi connectivity index (χ0) is 14.5. The Kier molecular flexibility index (Phi) is 5.43. The van der Waals surface area contributed by atoms with Gasteiger partial charge in [0, 0.05) is 15.7 Å². The van der Waals surface area contributed by atoms with Crippen molar-refractivity contribution in [2.24, 2.45) is 5.84 Å².